The molecule has 1 aromatic carbocycles. The largest absolute Gasteiger partial charge is 0.350 e. The van der Waals surface area contributed by atoms with Crippen LogP contribution >= 0.6 is 15.9 Å². The maximum Gasteiger partial charge on any atom is 0.217 e. The summed E-state index contributed by atoms with van der Waals surface area (Å²) in [5.74, 6) is 2.45. The van der Waals surface area contributed by atoms with Gasteiger partial charge in [0.15, 0.2) is 5.65 Å². The summed E-state index contributed by atoms with van der Waals surface area (Å²) in [4.78, 5) is 16.3. The molecule has 2 aromatic heterocycles. The highest BCUT2D eigenvalue weighted by atomic mass is 79.9. The van der Waals surface area contributed by atoms with Crippen LogP contribution in [-0.2, 0) is 0 Å². The molecule has 2 unspecified atom stereocenters. The van der Waals surface area contributed by atoms with Crippen LogP contribution in [0.3, 0.4) is 0 Å². The van der Waals surface area contributed by atoms with E-state index in [1.807, 2.05) is 6.92 Å². The highest BCUT2D eigenvalue weighted by Crippen LogP contribution is 2.45. The second-order valence-corrected chi connectivity index (χ2v) is 10.6. The number of anilines is 1. The normalized spacial score (nSPS) is 22.5. The van der Waals surface area contributed by atoms with Crippen LogP contribution in [0.25, 0.3) is 21.6 Å². The van der Waals surface area contributed by atoms with E-state index in [2.05, 4.69) is 70.1 Å². The second kappa shape index (κ2) is 7.88. The van der Waals surface area contributed by atoms with Crippen molar-refractivity contribution in [2.24, 2.45) is 5.92 Å². The number of halogens is 1. The van der Waals surface area contributed by atoms with Crippen molar-refractivity contribution in [1.29, 1.82) is 0 Å². The predicted octanol–water partition coefficient (Wildman–Crippen LogP) is 6.39. The van der Waals surface area contributed by atoms with Crippen LogP contribution in [-0.4, -0.2) is 33.2 Å². The molecule has 32 heavy (non-hydrogen) atoms. The molecule has 166 valence electrons. The molecule has 0 radical (unpaired) electrons. The third-order valence-electron chi connectivity index (χ3n) is 7.55. The number of fused-ring (bicyclic) bond motifs is 3. The van der Waals surface area contributed by atoms with Crippen molar-refractivity contribution >= 4 is 32.8 Å². The van der Waals surface area contributed by atoms with Crippen molar-refractivity contribution in [2.75, 3.05) is 11.4 Å². The summed E-state index contributed by atoms with van der Waals surface area (Å²) >= 11 is 3.64. The van der Waals surface area contributed by atoms with Crippen molar-refractivity contribution < 1.29 is 0 Å². The molecule has 2 bridgehead atoms. The number of hydrogen-bond acceptors (Lipinski definition) is 3. The minimum Gasteiger partial charge on any atom is -0.350 e. The van der Waals surface area contributed by atoms with Crippen LogP contribution in [0.4, 0.5) is 5.82 Å². The zero-order valence-corrected chi connectivity index (χ0v) is 21.1. The molecule has 0 amide bonds. The SMILES string of the molecule is [C-]#[N+]CC1CC2CCC(C1)N2c1nc(C)nc2c1c(C)c(C)n2-c1c(C)cc(Br)cc1C. The fourth-order valence-electron chi connectivity index (χ4n) is 6.18. The van der Waals surface area contributed by atoms with Crippen molar-refractivity contribution in [2.45, 2.75) is 72.4 Å². The number of nitrogens with zero attached hydrogens (tertiary/aromatic N) is 5. The Hall–Kier alpha value is -2.39. The third-order valence-corrected chi connectivity index (χ3v) is 8.01. The van der Waals surface area contributed by atoms with Crippen LogP contribution in [0.15, 0.2) is 16.6 Å². The summed E-state index contributed by atoms with van der Waals surface area (Å²) < 4.78 is 3.44. The molecule has 5 nitrogen and oxygen atoms in total. The lowest BCUT2D eigenvalue weighted by Crippen LogP contribution is -2.44. The van der Waals surface area contributed by atoms with E-state index in [0.717, 1.165) is 34.6 Å². The lowest BCUT2D eigenvalue weighted by molar-refractivity contribution is 0.357. The van der Waals surface area contributed by atoms with Gasteiger partial charge in [-0.25, -0.2) is 16.5 Å². The minimum atomic E-state index is 0.484. The molecular weight excluding hydrogens is 462 g/mol. The Balaban J connectivity index is 1.72. The molecule has 3 aromatic rings. The molecule has 6 heteroatoms. The first kappa shape index (κ1) is 21.5. The molecule has 2 fully saturated rings. The quantitative estimate of drug-likeness (QED) is 0.398. The van der Waals surface area contributed by atoms with Crippen LogP contribution in [0.1, 0.15) is 53.9 Å². The number of rotatable bonds is 3. The van der Waals surface area contributed by atoms with Gasteiger partial charge in [-0.1, -0.05) is 15.9 Å². The van der Waals surface area contributed by atoms with Crippen LogP contribution in [0.5, 0.6) is 0 Å². The first-order valence-corrected chi connectivity index (χ1v) is 12.3. The van der Waals surface area contributed by atoms with Gasteiger partial charge in [0.05, 0.1) is 11.1 Å². The number of piperidine rings is 1. The Morgan fingerprint density at radius 3 is 2.25 bits per heavy atom. The zero-order valence-electron chi connectivity index (χ0n) is 19.5. The van der Waals surface area contributed by atoms with Gasteiger partial charge in [-0.15, -0.1) is 0 Å². The Labute approximate surface area is 198 Å². The van der Waals surface area contributed by atoms with E-state index >= 15 is 0 Å². The van der Waals surface area contributed by atoms with Gasteiger partial charge < -0.3 is 9.74 Å². The third kappa shape index (κ3) is 3.25. The van der Waals surface area contributed by atoms with Gasteiger partial charge in [-0.05, 0) is 89.1 Å². The molecule has 0 spiro atoms. The van der Waals surface area contributed by atoms with Gasteiger partial charge in [-0.3, -0.25) is 4.57 Å². The standard InChI is InChI=1S/C26H30BrN5/c1-14-9-20(27)10-15(2)24(14)31-17(4)16(3)23-25(31)29-18(5)30-26(23)32-21-7-8-22(32)12-19(11-21)13-28-6/h9-10,19,21-22H,7-8,11-13H2,1-5H3. The van der Waals surface area contributed by atoms with E-state index in [9.17, 15) is 0 Å². The second-order valence-electron chi connectivity index (χ2n) is 9.70. The summed E-state index contributed by atoms with van der Waals surface area (Å²) in [6.45, 7) is 18.7. The fraction of sp³-hybridized carbons (Fsp3) is 0.500. The number of benzene rings is 1. The maximum atomic E-state index is 7.31. The van der Waals surface area contributed by atoms with Gasteiger partial charge in [0, 0.05) is 28.2 Å². The summed E-state index contributed by atoms with van der Waals surface area (Å²) in [5, 5.41) is 1.19. The minimum absolute atomic E-state index is 0.484. The summed E-state index contributed by atoms with van der Waals surface area (Å²) in [6, 6.07) is 5.33. The molecule has 0 N–H and O–H groups in total. The lowest BCUT2D eigenvalue weighted by atomic mass is 9.90. The van der Waals surface area contributed by atoms with E-state index in [0.29, 0.717) is 24.5 Å². The Kier molecular flexibility index (Phi) is 5.28. The van der Waals surface area contributed by atoms with E-state index in [1.54, 1.807) is 0 Å². The Bertz CT molecular complexity index is 1230. The topological polar surface area (TPSA) is 38.3 Å². The van der Waals surface area contributed by atoms with Crippen LogP contribution < -0.4 is 4.90 Å². The van der Waals surface area contributed by atoms with Crippen molar-refractivity contribution in [3.05, 3.63) is 56.2 Å². The van der Waals surface area contributed by atoms with Crippen molar-refractivity contribution in [1.82, 2.24) is 14.5 Å². The maximum absolute atomic E-state index is 7.31. The molecule has 2 saturated heterocycles. The molecule has 2 aliphatic heterocycles. The monoisotopic (exact) mass is 491 g/mol. The van der Waals surface area contributed by atoms with Gasteiger partial charge >= 0.3 is 0 Å². The zero-order chi connectivity index (χ0) is 22.7. The number of aromatic nitrogens is 3. The van der Waals surface area contributed by atoms with Crippen LogP contribution in [0.2, 0.25) is 0 Å². The predicted molar refractivity (Wildman–Crippen MR) is 134 cm³/mol. The number of aryl methyl sites for hydroxylation is 4. The molecule has 4 heterocycles. The first-order chi connectivity index (χ1) is 15.3. The molecule has 2 atom stereocenters. The summed E-state index contributed by atoms with van der Waals surface area (Å²) in [7, 11) is 0. The average Bonchev–Trinajstić information content (AvgIpc) is 3.12. The van der Waals surface area contributed by atoms with E-state index in [1.165, 1.54) is 46.3 Å². The summed E-state index contributed by atoms with van der Waals surface area (Å²) in [6.07, 6.45) is 4.61. The van der Waals surface area contributed by atoms with Crippen LogP contribution in [0, 0.1) is 47.1 Å². The molecular formula is C26H30BrN5. The smallest absolute Gasteiger partial charge is 0.217 e. The van der Waals surface area contributed by atoms with Gasteiger partial charge in [-0.2, -0.15) is 0 Å². The highest BCUT2D eigenvalue weighted by Gasteiger charge is 2.43. The Morgan fingerprint density at radius 1 is 1.03 bits per heavy atom. The molecule has 5 rings (SSSR count). The van der Waals surface area contributed by atoms with E-state index in [-0.39, 0.29) is 0 Å². The van der Waals surface area contributed by atoms with Crippen molar-refractivity contribution in [3.63, 3.8) is 0 Å². The van der Waals surface area contributed by atoms with E-state index < -0.39 is 0 Å². The first-order valence-electron chi connectivity index (χ1n) is 11.5. The number of hydrogen-bond donors (Lipinski definition) is 0. The molecule has 2 aliphatic rings. The molecule has 0 aliphatic carbocycles. The van der Waals surface area contributed by atoms with Gasteiger partial charge in [0.25, 0.3) is 0 Å². The Morgan fingerprint density at radius 2 is 1.66 bits per heavy atom. The van der Waals surface area contributed by atoms with Crippen molar-refractivity contribution in [3.8, 4) is 5.69 Å². The van der Waals surface area contributed by atoms with E-state index in [4.69, 9.17) is 16.5 Å². The molecule has 0 saturated carbocycles. The van der Waals surface area contributed by atoms with Gasteiger partial charge in [0.1, 0.15) is 11.6 Å². The average molecular weight is 492 g/mol. The van der Waals surface area contributed by atoms with Gasteiger partial charge in [0.2, 0.25) is 6.54 Å². The lowest BCUT2D eigenvalue weighted by Gasteiger charge is -2.38. The summed E-state index contributed by atoms with van der Waals surface area (Å²) in [5.41, 5.74) is 7.18. The fourth-order valence-corrected chi connectivity index (χ4v) is 6.86. The highest BCUT2D eigenvalue weighted by molar-refractivity contribution is 9.10.